The minimum Gasteiger partial charge on any atom is -0.490 e. The van der Waals surface area contributed by atoms with E-state index in [1.165, 1.54) is 0 Å². The van der Waals surface area contributed by atoms with Gasteiger partial charge in [-0.25, -0.2) is 0 Å². The zero-order chi connectivity index (χ0) is 24.9. The second-order valence-corrected chi connectivity index (χ2v) is 13.3. The maximum atomic E-state index is 12.5. The van der Waals surface area contributed by atoms with Gasteiger partial charge >= 0.3 is 0 Å². The Balaban J connectivity index is 2.66. The van der Waals surface area contributed by atoms with Crippen molar-refractivity contribution < 1.29 is 19.0 Å². The van der Waals surface area contributed by atoms with E-state index in [-0.39, 0.29) is 10.7 Å². The van der Waals surface area contributed by atoms with Gasteiger partial charge in [0.2, 0.25) is 0 Å². The topological polar surface area (TPSA) is 68.8 Å². The van der Waals surface area contributed by atoms with Crippen LogP contribution in [0, 0.1) is 5.92 Å². The average molecular weight is 501 g/mol. The highest BCUT2D eigenvalue weighted by atomic mass is 33.1. The summed E-state index contributed by atoms with van der Waals surface area (Å²) >= 11 is 0. The van der Waals surface area contributed by atoms with Crippen molar-refractivity contribution >= 4 is 27.5 Å². The minimum absolute atomic E-state index is 0.0891. The Morgan fingerprint density at radius 3 is 2.39 bits per heavy atom. The molecule has 0 fully saturated rings. The Kier molecular flexibility index (Phi) is 13.8. The first kappa shape index (κ1) is 30.1. The summed E-state index contributed by atoms with van der Waals surface area (Å²) in [4.78, 5) is 11.9. The van der Waals surface area contributed by atoms with Gasteiger partial charge in [-0.2, -0.15) is 0 Å². The Bertz CT molecular complexity index is 695. The van der Waals surface area contributed by atoms with Crippen molar-refractivity contribution in [3.05, 3.63) is 29.8 Å². The lowest BCUT2D eigenvalue weighted by molar-refractivity contribution is -0.0275. The van der Waals surface area contributed by atoms with Crippen molar-refractivity contribution in [1.82, 2.24) is 10.6 Å². The number of rotatable bonds is 16. The Morgan fingerprint density at radius 1 is 1.03 bits per heavy atom. The summed E-state index contributed by atoms with van der Waals surface area (Å²) in [5.74, 6) is 1.04. The summed E-state index contributed by atoms with van der Waals surface area (Å²) in [5.41, 5.74) is 0.582. The zero-order valence-corrected chi connectivity index (χ0v) is 23.3. The summed E-state index contributed by atoms with van der Waals surface area (Å²) < 4.78 is 18.0. The lowest BCUT2D eigenvalue weighted by Gasteiger charge is -2.31. The van der Waals surface area contributed by atoms with Gasteiger partial charge in [-0.3, -0.25) is 4.79 Å². The van der Waals surface area contributed by atoms with Crippen molar-refractivity contribution in [3.8, 4) is 5.75 Å². The van der Waals surface area contributed by atoms with Gasteiger partial charge in [-0.05, 0) is 31.0 Å². The number of amides is 1. The van der Waals surface area contributed by atoms with Crippen molar-refractivity contribution in [1.29, 1.82) is 0 Å². The zero-order valence-electron chi connectivity index (χ0n) is 21.7. The van der Waals surface area contributed by atoms with E-state index in [2.05, 4.69) is 59.1 Å². The molecule has 33 heavy (non-hydrogen) atoms. The summed E-state index contributed by atoms with van der Waals surface area (Å²) in [6, 6.07) is 7.67. The fourth-order valence-corrected chi connectivity index (χ4v) is 4.75. The summed E-state index contributed by atoms with van der Waals surface area (Å²) in [7, 11) is 3.43. The van der Waals surface area contributed by atoms with Gasteiger partial charge in [0.15, 0.2) is 4.93 Å². The van der Waals surface area contributed by atoms with Gasteiger partial charge in [0.05, 0.1) is 13.2 Å². The molecular formula is C25H44N2O4S2. The molecule has 1 unspecified atom stereocenters. The van der Waals surface area contributed by atoms with E-state index in [0.717, 1.165) is 13.2 Å². The normalized spacial score (nSPS) is 13.9. The first-order valence-electron chi connectivity index (χ1n) is 11.7. The molecular weight excluding hydrogens is 456 g/mol. The van der Waals surface area contributed by atoms with E-state index < -0.39 is 4.93 Å². The molecule has 190 valence electrons. The third kappa shape index (κ3) is 14.8. The fraction of sp³-hybridized carbons (Fsp3) is 0.720. The largest absolute Gasteiger partial charge is 0.490 e. The van der Waals surface area contributed by atoms with Gasteiger partial charge in [0, 0.05) is 36.0 Å². The number of nitrogens with one attached hydrogen (secondary N) is 2. The molecule has 0 bridgehead atoms. The van der Waals surface area contributed by atoms with E-state index in [0.29, 0.717) is 49.6 Å². The van der Waals surface area contributed by atoms with Crippen LogP contribution in [-0.2, 0) is 9.47 Å². The van der Waals surface area contributed by atoms with Crippen LogP contribution < -0.4 is 15.4 Å². The summed E-state index contributed by atoms with van der Waals surface area (Å²) in [6.07, 6.45) is 0. The molecule has 0 aliphatic rings. The molecule has 1 aromatic rings. The van der Waals surface area contributed by atoms with E-state index in [4.69, 9.17) is 14.2 Å². The molecule has 0 spiro atoms. The SMILES string of the molecule is CC(C)COCCOC(C)(COc1cccc(C(=O)NCCNC(C)C)c1)SSC(C)(C)C. The van der Waals surface area contributed by atoms with Gasteiger partial charge in [0.1, 0.15) is 12.4 Å². The predicted octanol–water partition coefficient (Wildman–Crippen LogP) is 5.38. The summed E-state index contributed by atoms with van der Waals surface area (Å²) in [5, 5.41) is 6.22. The van der Waals surface area contributed by atoms with E-state index in [1.54, 1.807) is 33.7 Å². The van der Waals surface area contributed by atoms with E-state index >= 15 is 0 Å². The Labute approximate surface area is 209 Å². The van der Waals surface area contributed by atoms with Gasteiger partial charge < -0.3 is 24.8 Å². The molecule has 0 saturated heterocycles. The van der Waals surface area contributed by atoms with Crippen LogP contribution in [0.15, 0.2) is 24.3 Å². The number of benzene rings is 1. The lowest BCUT2D eigenvalue weighted by Crippen LogP contribution is -2.34. The molecule has 1 rings (SSSR count). The van der Waals surface area contributed by atoms with Crippen LogP contribution >= 0.6 is 21.6 Å². The first-order chi connectivity index (χ1) is 15.4. The molecule has 2 N–H and O–H groups in total. The van der Waals surface area contributed by atoms with Crippen LogP contribution in [0.2, 0.25) is 0 Å². The molecule has 1 amide bonds. The standard InChI is InChI=1S/C25H44N2O4S2/c1-19(2)17-29-14-15-31-25(8,33-32-24(5,6)7)18-30-22-11-9-10-21(16-22)23(28)27-13-12-26-20(3)4/h9-11,16,19-20,26H,12-15,17-18H2,1-8H3,(H,27,28). The molecule has 0 heterocycles. The molecule has 1 atom stereocenters. The van der Waals surface area contributed by atoms with E-state index in [1.807, 2.05) is 19.1 Å². The second kappa shape index (κ2) is 15.1. The van der Waals surface area contributed by atoms with Crippen LogP contribution in [0.1, 0.15) is 65.7 Å². The van der Waals surface area contributed by atoms with Gasteiger partial charge in [-0.15, -0.1) is 0 Å². The van der Waals surface area contributed by atoms with Gasteiger partial charge in [-0.1, -0.05) is 76.1 Å². The number of hydrogen-bond donors (Lipinski definition) is 2. The summed E-state index contributed by atoms with van der Waals surface area (Å²) in [6.45, 7) is 20.4. The fourth-order valence-electron chi connectivity index (χ4n) is 2.52. The third-order valence-corrected chi connectivity index (χ3v) is 8.09. The van der Waals surface area contributed by atoms with Crippen LogP contribution in [0.5, 0.6) is 5.75 Å². The maximum Gasteiger partial charge on any atom is 0.251 e. The molecule has 0 aromatic heterocycles. The van der Waals surface area contributed by atoms with Crippen molar-refractivity contribution in [3.63, 3.8) is 0 Å². The van der Waals surface area contributed by atoms with Crippen LogP contribution in [0.25, 0.3) is 0 Å². The molecule has 8 heteroatoms. The van der Waals surface area contributed by atoms with E-state index in [9.17, 15) is 4.79 Å². The van der Waals surface area contributed by atoms with Crippen molar-refractivity contribution in [2.24, 2.45) is 5.92 Å². The monoisotopic (exact) mass is 500 g/mol. The maximum absolute atomic E-state index is 12.5. The second-order valence-electron chi connectivity index (χ2n) is 9.91. The van der Waals surface area contributed by atoms with Crippen LogP contribution in [0.4, 0.5) is 0 Å². The lowest BCUT2D eigenvalue weighted by atomic mass is 10.2. The predicted molar refractivity (Wildman–Crippen MR) is 142 cm³/mol. The highest BCUT2D eigenvalue weighted by Gasteiger charge is 2.30. The molecule has 0 aliphatic heterocycles. The molecule has 0 saturated carbocycles. The smallest absolute Gasteiger partial charge is 0.251 e. The van der Waals surface area contributed by atoms with Crippen LogP contribution in [0.3, 0.4) is 0 Å². The molecule has 0 radical (unpaired) electrons. The molecule has 1 aromatic carbocycles. The Hall–Kier alpha value is -0.930. The highest BCUT2D eigenvalue weighted by molar-refractivity contribution is 8.77. The average Bonchev–Trinajstić information content (AvgIpc) is 2.73. The number of ether oxygens (including phenoxy) is 3. The molecule has 0 aliphatic carbocycles. The highest BCUT2D eigenvalue weighted by Crippen LogP contribution is 2.44. The minimum atomic E-state index is -0.556. The molecule has 6 nitrogen and oxygen atoms in total. The number of carbonyl (C=O) groups excluding carboxylic acids is 1. The Morgan fingerprint density at radius 2 is 1.76 bits per heavy atom. The van der Waals surface area contributed by atoms with Crippen LogP contribution in [-0.4, -0.2) is 61.1 Å². The van der Waals surface area contributed by atoms with Crippen molar-refractivity contribution in [2.45, 2.75) is 71.1 Å². The third-order valence-electron chi connectivity index (χ3n) is 4.11. The number of carbonyl (C=O) groups is 1. The number of hydrogen-bond acceptors (Lipinski definition) is 7. The quantitative estimate of drug-likeness (QED) is 0.179. The first-order valence-corrected chi connectivity index (χ1v) is 13.9. The van der Waals surface area contributed by atoms with Crippen molar-refractivity contribution in [2.75, 3.05) is 39.5 Å². The van der Waals surface area contributed by atoms with Gasteiger partial charge in [0.25, 0.3) is 5.91 Å².